The van der Waals surface area contributed by atoms with Gasteiger partial charge < -0.3 is 19.5 Å². The zero-order valence-corrected chi connectivity index (χ0v) is 15.2. The van der Waals surface area contributed by atoms with Gasteiger partial charge in [-0.15, -0.1) is 0 Å². The smallest absolute Gasteiger partial charge is 0.251 e. The molecule has 0 unspecified atom stereocenters. The van der Waals surface area contributed by atoms with E-state index in [4.69, 9.17) is 14.2 Å². The van der Waals surface area contributed by atoms with Crippen LogP contribution in [-0.2, 0) is 17.9 Å². The Kier molecular flexibility index (Phi) is 6.83. The van der Waals surface area contributed by atoms with Crippen molar-refractivity contribution < 1.29 is 19.0 Å². The summed E-state index contributed by atoms with van der Waals surface area (Å²) < 4.78 is 16.1. The Hall–Kier alpha value is -2.53. The van der Waals surface area contributed by atoms with Crippen LogP contribution in [0.3, 0.4) is 0 Å². The summed E-state index contributed by atoms with van der Waals surface area (Å²) in [5, 5.41) is 2.91. The van der Waals surface area contributed by atoms with Crippen molar-refractivity contribution >= 4 is 5.91 Å². The minimum Gasteiger partial charge on any atom is -0.497 e. The number of rotatable bonds is 8. The fourth-order valence-electron chi connectivity index (χ4n) is 2.31. The quantitative estimate of drug-likeness (QED) is 0.796. The highest BCUT2D eigenvalue weighted by Crippen LogP contribution is 2.23. The van der Waals surface area contributed by atoms with E-state index in [9.17, 15) is 4.79 Å². The van der Waals surface area contributed by atoms with Crippen molar-refractivity contribution in [2.75, 3.05) is 14.2 Å². The Morgan fingerprint density at radius 3 is 2.36 bits per heavy atom. The minimum absolute atomic E-state index is 0.138. The number of hydrogen-bond donors (Lipinski definition) is 1. The molecule has 0 radical (unpaired) electrons. The average Bonchev–Trinajstić information content (AvgIpc) is 2.64. The van der Waals surface area contributed by atoms with Crippen LogP contribution in [0.25, 0.3) is 0 Å². The SMILES string of the molecule is COc1ccc(OC)c(CNC(=O)c2ccc(COC(C)C)cc2)c1. The minimum atomic E-state index is -0.138. The van der Waals surface area contributed by atoms with Gasteiger partial charge in [-0.05, 0) is 49.7 Å². The van der Waals surface area contributed by atoms with Crippen LogP contribution in [0.4, 0.5) is 0 Å². The molecule has 0 aliphatic heterocycles. The zero-order valence-electron chi connectivity index (χ0n) is 15.2. The van der Waals surface area contributed by atoms with Crippen LogP contribution in [0, 0.1) is 0 Å². The molecule has 5 nitrogen and oxygen atoms in total. The lowest BCUT2D eigenvalue weighted by atomic mass is 10.1. The highest BCUT2D eigenvalue weighted by atomic mass is 16.5. The number of amides is 1. The lowest BCUT2D eigenvalue weighted by molar-refractivity contribution is 0.0657. The maximum Gasteiger partial charge on any atom is 0.251 e. The molecule has 0 aliphatic carbocycles. The van der Waals surface area contributed by atoms with E-state index in [1.807, 2.05) is 44.2 Å². The molecule has 25 heavy (non-hydrogen) atoms. The number of benzene rings is 2. The summed E-state index contributed by atoms with van der Waals surface area (Å²) in [6, 6.07) is 12.9. The largest absolute Gasteiger partial charge is 0.497 e. The molecule has 0 atom stereocenters. The molecule has 5 heteroatoms. The van der Waals surface area contributed by atoms with E-state index >= 15 is 0 Å². The summed E-state index contributed by atoms with van der Waals surface area (Å²) in [5.74, 6) is 1.29. The standard InChI is InChI=1S/C20H25NO4/c1-14(2)25-13-15-5-7-16(8-6-15)20(22)21-12-17-11-18(23-3)9-10-19(17)24-4/h5-11,14H,12-13H2,1-4H3,(H,21,22). The molecule has 1 N–H and O–H groups in total. The third kappa shape index (κ3) is 5.50. The van der Waals surface area contributed by atoms with Crippen molar-refractivity contribution in [3.05, 3.63) is 59.2 Å². The summed E-state index contributed by atoms with van der Waals surface area (Å²) >= 11 is 0. The van der Waals surface area contributed by atoms with Crippen LogP contribution in [0.15, 0.2) is 42.5 Å². The van der Waals surface area contributed by atoms with Crippen molar-refractivity contribution in [1.82, 2.24) is 5.32 Å². The summed E-state index contributed by atoms with van der Waals surface area (Å²) in [6.07, 6.45) is 0.181. The Morgan fingerprint density at radius 2 is 1.76 bits per heavy atom. The van der Waals surface area contributed by atoms with Crippen LogP contribution in [0.5, 0.6) is 11.5 Å². The van der Waals surface area contributed by atoms with E-state index in [1.165, 1.54) is 0 Å². The maximum absolute atomic E-state index is 12.3. The Bertz CT molecular complexity index is 695. The number of carbonyl (C=O) groups excluding carboxylic acids is 1. The van der Waals surface area contributed by atoms with Gasteiger partial charge in [0.05, 0.1) is 26.9 Å². The van der Waals surface area contributed by atoms with Crippen molar-refractivity contribution in [2.24, 2.45) is 0 Å². The number of methoxy groups -OCH3 is 2. The number of ether oxygens (including phenoxy) is 3. The molecule has 0 saturated carbocycles. The second-order valence-electron chi connectivity index (χ2n) is 5.92. The van der Waals surface area contributed by atoms with Crippen LogP contribution in [-0.4, -0.2) is 26.2 Å². The summed E-state index contributed by atoms with van der Waals surface area (Å²) in [5.41, 5.74) is 2.51. The number of nitrogens with one attached hydrogen (secondary N) is 1. The molecule has 0 spiro atoms. The van der Waals surface area contributed by atoms with E-state index in [-0.39, 0.29) is 12.0 Å². The van der Waals surface area contributed by atoms with Gasteiger partial charge in [0.15, 0.2) is 0 Å². The van der Waals surface area contributed by atoms with E-state index in [0.717, 1.165) is 16.9 Å². The normalized spacial score (nSPS) is 10.6. The average molecular weight is 343 g/mol. The van der Waals surface area contributed by atoms with E-state index in [0.29, 0.717) is 24.5 Å². The van der Waals surface area contributed by atoms with Gasteiger partial charge in [0.1, 0.15) is 11.5 Å². The second kappa shape index (κ2) is 9.08. The number of carbonyl (C=O) groups is 1. The second-order valence-corrected chi connectivity index (χ2v) is 5.92. The Morgan fingerprint density at radius 1 is 1.04 bits per heavy atom. The molecule has 0 heterocycles. The fraction of sp³-hybridized carbons (Fsp3) is 0.350. The van der Waals surface area contributed by atoms with Gasteiger partial charge in [0.2, 0.25) is 0 Å². The predicted octanol–water partition coefficient (Wildman–Crippen LogP) is 3.56. The molecule has 0 fully saturated rings. The molecule has 134 valence electrons. The first-order chi connectivity index (χ1) is 12.0. The molecule has 1 amide bonds. The molecule has 2 aromatic carbocycles. The topological polar surface area (TPSA) is 56.8 Å². The first kappa shape index (κ1) is 18.8. The fourth-order valence-corrected chi connectivity index (χ4v) is 2.31. The lowest BCUT2D eigenvalue weighted by Gasteiger charge is -2.12. The Labute approximate surface area is 148 Å². The molecule has 0 bridgehead atoms. The molecular weight excluding hydrogens is 318 g/mol. The number of hydrogen-bond acceptors (Lipinski definition) is 4. The van der Waals surface area contributed by atoms with Gasteiger partial charge in [-0.3, -0.25) is 4.79 Å². The van der Waals surface area contributed by atoms with Gasteiger partial charge in [-0.2, -0.15) is 0 Å². The predicted molar refractivity (Wildman–Crippen MR) is 97.1 cm³/mol. The first-order valence-corrected chi connectivity index (χ1v) is 8.23. The maximum atomic E-state index is 12.3. The monoisotopic (exact) mass is 343 g/mol. The van der Waals surface area contributed by atoms with Gasteiger partial charge in [0.25, 0.3) is 5.91 Å². The summed E-state index contributed by atoms with van der Waals surface area (Å²) in [4.78, 5) is 12.3. The third-order valence-electron chi connectivity index (χ3n) is 3.73. The van der Waals surface area contributed by atoms with E-state index < -0.39 is 0 Å². The summed E-state index contributed by atoms with van der Waals surface area (Å²) in [7, 11) is 3.21. The molecule has 0 aromatic heterocycles. The highest BCUT2D eigenvalue weighted by Gasteiger charge is 2.09. The highest BCUT2D eigenvalue weighted by molar-refractivity contribution is 5.94. The molecular formula is C20H25NO4. The van der Waals surface area contributed by atoms with E-state index in [2.05, 4.69) is 5.32 Å². The molecule has 2 aromatic rings. The van der Waals surface area contributed by atoms with Crippen LogP contribution >= 0.6 is 0 Å². The van der Waals surface area contributed by atoms with Crippen molar-refractivity contribution in [1.29, 1.82) is 0 Å². The van der Waals surface area contributed by atoms with Crippen molar-refractivity contribution in [3.8, 4) is 11.5 Å². The van der Waals surface area contributed by atoms with Gasteiger partial charge in [-0.25, -0.2) is 0 Å². The van der Waals surface area contributed by atoms with Crippen LogP contribution in [0.2, 0.25) is 0 Å². The van der Waals surface area contributed by atoms with Crippen molar-refractivity contribution in [2.45, 2.75) is 33.1 Å². The first-order valence-electron chi connectivity index (χ1n) is 8.23. The molecule has 0 saturated heterocycles. The van der Waals surface area contributed by atoms with Gasteiger partial charge in [-0.1, -0.05) is 12.1 Å². The third-order valence-corrected chi connectivity index (χ3v) is 3.73. The van der Waals surface area contributed by atoms with Gasteiger partial charge in [0, 0.05) is 17.7 Å². The van der Waals surface area contributed by atoms with Crippen LogP contribution < -0.4 is 14.8 Å². The molecule has 2 rings (SSSR count). The lowest BCUT2D eigenvalue weighted by Crippen LogP contribution is -2.23. The zero-order chi connectivity index (χ0) is 18.2. The van der Waals surface area contributed by atoms with Gasteiger partial charge >= 0.3 is 0 Å². The molecule has 0 aliphatic rings. The van der Waals surface area contributed by atoms with Crippen molar-refractivity contribution in [3.63, 3.8) is 0 Å². The van der Waals surface area contributed by atoms with E-state index in [1.54, 1.807) is 26.4 Å². The summed E-state index contributed by atoms with van der Waals surface area (Å²) in [6.45, 7) is 4.89. The Balaban J connectivity index is 1.98. The van der Waals surface area contributed by atoms with Crippen LogP contribution in [0.1, 0.15) is 35.3 Å².